The molecule has 2 heterocycles. The molecule has 3 aliphatic rings. The SMILES string of the molecule is CN[C@@H]1[C@H](O)[C@H](NC)[C@H]2O[C@@]3(O)[C@H](NC(=O)Cc4cccnc4)C[C@@H](C)C[C@H]3O[C@@H]2[C@H]1O. The second-order valence-corrected chi connectivity index (χ2v) is 9.27. The lowest BCUT2D eigenvalue weighted by atomic mass is 9.75. The molecule has 32 heavy (non-hydrogen) atoms. The van der Waals surface area contributed by atoms with E-state index in [4.69, 9.17) is 9.47 Å². The molecule has 1 aliphatic heterocycles. The normalized spacial score (nSPS) is 43.8. The molecule has 4 rings (SSSR count). The summed E-state index contributed by atoms with van der Waals surface area (Å²) in [6, 6.07) is 1.69. The van der Waals surface area contributed by atoms with Gasteiger partial charge in [0.05, 0.1) is 30.7 Å². The average Bonchev–Trinajstić information content (AvgIpc) is 2.75. The van der Waals surface area contributed by atoms with Gasteiger partial charge in [-0.2, -0.15) is 0 Å². The Balaban J connectivity index is 1.56. The van der Waals surface area contributed by atoms with Gasteiger partial charge in [-0.15, -0.1) is 0 Å². The zero-order valence-electron chi connectivity index (χ0n) is 18.6. The first-order valence-corrected chi connectivity index (χ1v) is 11.2. The third-order valence-corrected chi connectivity index (χ3v) is 7.07. The molecule has 6 N–H and O–H groups in total. The second-order valence-electron chi connectivity index (χ2n) is 9.27. The molecule has 1 aromatic heterocycles. The van der Waals surface area contributed by atoms with Gasteiger partial charge in [0.1, 0.15) is 24.4 Å². The largest absolute Gasteiger partial charge is 0.390 e. The molecule has 10 heteroatoms. The maximum atomic E-state index is 12.7. The highest BCUT2D eigenvalue weighted by Crippen LogP contribution is 2.44. The third-order valence-electron chi connectivity index (χ3n) is 7.07. The summed E-state index contributed by atoms with van der Waals surface area (Å²) >= 11 is 0. The standard InChI is InChI=1S/C22H34N4O6/c1-11-7-13(26-15(27)9-12-5-4-6-25-10-12)22(30)14(8-11)31-21-19(29)16(23-2)18(28)17(24-3)20(21)32-22/h4-6,10-11,13-14,16-21,23-24,28-30H,7-9H2,1-3H3,(H,26,27)/t11-,13-,14-,16-,17+,18+,19+,20-,21-,22+/m1/s1. The van der Waals surface area contributed by atoms with Crippen molar-refractivity contribution < 1.29 is 29.6 Å². The molecule has 1 saturated heterocycles. The fraction of sp³-hybridized carbons (Fsp3) is 0.727. The van der Waals surface area contributed by atoms with Crippen LogP contribution in [0.5, 0.6) is 0 Å². The number of aromatic nitrogens is 1. The van der Waals surface area contributed by atoms with Crippen LogP contribution in [0.3, 0.4) is 0 Å². The molecule has 0 aromatic carbocycles. The molecule has 10 nitrogen and oxygen atoms in total. The average molecular weight is 451 g/mol. The number of likely N-dealkylation sites (N-methyl/N-ethyl adjacent to an activating group) is 2. The van der Waals surface area contributed by atoms with Crippen molar-refractivity contribution in [2.75, 3.05) is 14.1 Å². The highest BCUT2D eigenvalue weighted by molar-refractivity contribution is 5.78. The van der Waals surface area contributed by atoms with Crippen molar-refractivity contribution in [2.24, 2.45) is 5.92 Å². The number of ether oxygens (including phenoxy) is 2. The quantitative estimate of drug-likeness (QED) is 0.309. The van der Waals surface area contributed by atoms with Gasteiger partial charge in [-0.25, -0.2) is 0 Å². The second kappa shape index (κ2) is 9.30. The maximum Gasteiger partial charge on any atom is 0.224 e. The van der Waals surface area contributed by atoms with Crippen molar-refractivity contribution in [2.45, 2.75) is 80.6 Å². The summed E-state index contributed by atoms with van der Waals surface area (Å²) in [5.74, 6) is -1.87. The van der Waals surface area contributed by atoms with Crippen LogP contribution < -0.4 is 16.0 Å². The van der Waals surface area contributed by atoms with E-state index < -0.39 is 54.4 Å². The van der Waals surface area contributed by atoms with Gasteiger partial charge in [-0.1, -0.05) is 13.0 Å². The molecule has 0 spiro atoms. The molecule has 0 radical (unpaired) electrons. The molecular formula is C22H34N4O6. The summed E-state index contributed by atoms with van der Waals surface area (Å²) in [6.07, 6.45) is 0.188. The minimum atomic E-state index is -1.78. The Morgan fingerprint density at radius 1 is 1.19 bits per heavy atom. The van der Waals surface area contributed by atoms with Crippen molar-refractivity contribution >= 4 is 5.91 Å². The number of carbonyl (C=O) groups is 1. The van der Waals surface area contributed by atoms with Gasteiger partial charge in [0.25, 0.3) is 0 Å². The van der Waals surface area contributed by atoms with Gasteiger partial charge in [-0.3, -0.25) is 9.78 Å². The smallest absolute Gasteiger partial charge is 0.224 e. The Bertz CT molecular complexity index is 800. The molecule has 3 fully saturated rings. The van der Waals surface area contributed by atoms with Gasteiger partial charge in [0, 0.05) is 12.4 Å². The van der Waals surface area contributed by atoms with Crippen molar-refractivity contribution in [3.05, 3.63) is 30.1 Å². The number of hydrogen-bond acceptors (Lipinski definition) is 9. The van der Waals surface area contributed by atoms with Crippen LogP contribution in [0.1, 0.15) is 25.3 Å². The molecule has 178 valence electrons. The topological polar surface area (TPSA) is 145 Å². The van der Waals surface area contributed by atoms with Crippen LogP contribution in [0.15, 0.2) is 24.5 Å². The monoisotopic (exact) mass is 450 g/mol. The highest BCUT2D eigenvalue weighted by atomic mass is 16.7. The zero-order valence-corrected chi connectivity index (χ0v) is 18.6. The van der Waals surface area contributed by atoms with Crippen LogP contribution in [0, 0.1) is 5.92 Å². The minimum absolute atomic E-state index is 0.132. The van der Waals surface area contributed by atoms with Crippen LogP contribution in [0.2, 0.25) is 0 Å². The first kappa shape index (κ1) is 23.5. The molecular weight excluding hydrogens is 416 g/mol. The van der Waals surface area contributed by atoms with E-state index in [0.29, 0.717) is 12.8 Å². The predicted octanol–water partition coefficient (Wildman–Crippen LogP) is -1.71. The summed E-state index contributed by atoms with van der Waals surface area (Å²) in [5, 5.41) is 42.2. The van der Waals surface area contributed by atoms with Gasteiger partial charge in [-0.05, 0) is 44.5 Å². The number of nitrogens with zero attached hydrogens (tertiary/aromatic N) is 1. The number of rotatable bonds is 5. The lowest BCUT2D eigenvalue weighted by Gasteiger charge is -2.58. The fourth-order valence-corrected chi connectivity index (χ4v) is 5.44. The molecule has 1 aromatic rings. The number of aliphatic hydroxyl groups is 3. The minimum Gasteiger partial charge on any atom is -0.390 e. The number of carbonyl (C=O) groups excluding carboxylic acids is 1. The van der Waals surface area contributed by atoms with Crippen LogP contribution in [-0.4, -0.2) is 94.7 Å². The number of nitrogens with one attached hydrogen (secondary N) is 3. The summed E-state index contributed by atoms with van der Waals surface area (Å²) in [5.41, 5.74) is 0.769. The van der Waals surface area contributed by atoms with Crippen molar-refractivity contribution in [1.82, 2.24) is 20.9 Å². The molecule has 2 aliphatic carbocycles. The zero-order chi connectivity index (χ0) is 23.0. The van der Waals surface area contributed by atoms with Crippen LogP contribution in [0.25, 0.3) is 0 Å². The van der Waals surface area contributed by atoms with Crippen molar-refractivity contribution in [1.29, 1.82) is 0 Å². The Morgan fingerprint density at radius 3 is 2.59 bits per heavy atom. The van der Waals surface area contributed by atoms with Gasteiger partial charge in [0.15, 0.2) is 0 Å². The Morgan fingerprint density at radius 2 is 1.94 bits per heavy atom. The van der Waals surface area contributed by atoms with E-state index in [-0.39, 0.29) is 18.2 Å². The number of aliphatic hydroxyl groups excluding tert-OH is 2. The molecule has 1 amide bonds. The lowest BCUT2D eigenvalue weighted by molar-refractivity contribution is -0.392. The van der Waals surface area contributed by atoms with Crippen molar-refractivity contribution in [3.8, 4) is 0 Å². The number of hydrogen-bond donors (Lipinski definition) is 6. The number of pyridine rings is 1. The van der Waals surface area contributed by atoms with Gasteiger partial charge >= 0.3 is 0 Å². The van der Waals surface area contributed by atoms with Crippen LogP contribution in [0.4, 0.5) is 0 Å². The van der Waals surface area contributed by atoms with E-state index in [2.05, 4.69) is 20.9 Å². The van der Waals surface area contributed by atoms with E-state index in [1.807, 2.05) is 13.0 Å². The van der Waals surface area contributed by atoms with E-state index in [1.54, 1.807) is 32.6 Å². The molecule has 0 bridgehead atoms. The van der Waals surface area contributed by atoms with E-state index in [9.17, 15) is 20.1 Å². The molecule has 0 unspecified atom stereocenters. The summed E-state index contributed by atoms with van der Waals surface area (Å²) in [7, 11) is 3.35. The highest BCUT2D eigenvalue weighted by Gasteiger charge is 2.62. The maximum absolute atomic E-state index is 12.7. The fourth-order valence-electron chi connectivity index (χ4n) is 5.44. The molecule has 10 atom stereocenters. The first-order chi connectivity index (χ1) is 15.3. The Kier molecular flexibility index (Phi) is 6.83. The van der Waals surface area contributed by atoms with Crippen LogP contribution in [-0.2, 0) is 20.7 Å². The van der Waals surface area contributed by atoms with Gasteiger partial charge < -0.3 is 40.7 Å². The Labute approximate surface area is 187 Å². The van der Waals surface area contributed by atoms with E-state index in [0.717, 1.165) is 5.56 Å². The summed E-state index contributed by atoms with van der Waals surface area (Å²) < 4.78 is 12.5. The summed E-state index contributed by atoms with van der Waals surface area (Å²) in [4.78, 5) is 16.8. The number of fused-ring (bicyclic) bond motifs is 2. The predicted molar refractivity (Wildman–Crippen MR) is 114 cm³/mol. The van der Waals surface area contributed by atoms with Crippen molar-refractivity contribution in [3.63, 3.8) is 0 Å². The molecule has 2 saturated carbocycles. The summed E-state index contributed by atoms with van der Waals surface area (Å²) in [6.45, 7) is 2.03. The van der Waals surface area contributed by atoms with Crippen LogP contribution >= 0.6 is 0 Å². The lowest BCUT2D eigenvalue weighted by Crippen LogP contribution is -2.78. The third kappa shape index (κ3) is 4.16. The van der Waals surface area contributed by atoms with E-state index >= 15 is 0 Å². The first-order valence-electron chi connectivity index (χ1n) is 11.2. The van der Waals surface area contributed by atoms with Gasteiger partial charge in [0.2, 0.25) is 11.7 Å². The number of amides is 1. The Hall–Kier alpha value is -1.66. The van der Waals surface area contributed by atoms with E-state index in [1.165, 1.54) is 0 Å².